The van der Waals surface area contributed by atoms with E-state index in [-0.39, 0.29) is 28.8 Å². The lowest BCUT2D eigenvalue weighted by Gasteiger charge is -2.49. The molecule has 1 saturated heterocycles. The molecule has 4 rings (SSSR count). The van der Waals surface area contributed by atoms with Gasteiger partial charge in [0.05, 0.1) is 0 Å². The van der Waals surface area contributed by atoms with Gasteiger partial charge in [-0.2, -0.15) is 0 Å². The van der Waals surface area contributed by atoms with Crippen LogP contribution in [-0.2, 0) is 19.2 Å². The second kappa shape index (κ2) is 10.9. The van der Waals surface area contributed by atoms with E-state index in [0.29, 0.717) is 21.4 Å². The monoisotopic (exact) mass is 556 g/mol. The van der Waals surface area contributed by atoms with E-state index >= 15 is 0 Å². The van der Waals surface area contributed by atoms with Crippen LogP contribution in [0.25, 0.3) is 0 Å². The first kappa shape index (κ1) is 25.4. The Morgan fingerprint density at radius 2 is 2.26 bits per heavy atom. The Bertz CT molecular complexity index is 1180. The average molecular weight is 557 g/mol. The van der Waals surface area contributed by atoms with E-state index in [9.17, 15) is 19.5 Å². The van der Waals surface area contributed by atoms with Crippen LogP contribution in [0.3, 0.4) is 0 Å². The van der Waals surface area contributed by atoms with Crippen molar-refractivity contribution >= 4 is 74.8 Å². The van der Waals surface area contributed by atoms with Gasteiger partial charge in [-0.15, -0.1) is 33.3 Å². The summed E-state index contributed by atoms with van der Waals surface area (Å²) in [6.07, 6.45) is -0.455. The highest BCUT2D eigenvalue weighted by Crippen LogP contribution is 2.41. The zero-order chi connectivity index (χ0) is 25.1. The third-order valence-electron chi connectivity index (χ3n) is 4.88. The van der Waals surface area contributed by atoms with Crippen LogP contribution in [0.4, 0.5) is 5.13 Å². The summed E-state index contributed by atoms with van der Waals surface area (Å²) < 4.78 is 0.704. The molecular weight excluding hydrogens is 537 g/mol. The SMILES string of the molecule is CC(CN)ON=C(C(=O)NC1C(=O)N2C(C(=O)O)=C(CSc3nncs3)CS[C@@H]12)c1csc(N)n1. The van der Waals surface area contributed by atoms with E-state index in [0.717, 1.165) is 11.3 Å². The van der Waals surface area contributed by atoms with Gasteiger partial charge in [0, 0.05) is 23.4 Å². The summed E-state index contributed by atoms with van der Waals surface area (Å²) >= 11 is 5.19. The fraction of sp³-hybridized carbons (Fsp3) is 0.389. The topological polar surface area (TPSA) is 199 Å². The number of carboxylic acids is 1. The molecule has 186 valence electrons. The van der Waals surface area contributed by atoms with Crippen molar-refractivity contribution in [2.45, 2.75) is 28.8 Å². The molecule has 0 spiro atoms. The maximum atomic E-state index is 13.0. The molecule has 0 aliphatic carbocycles. The van der Waals surface area contributed by atoms with Gasteiger partial charge in [-0.25, -0.2) is 9.78 Å². The van der Waals surface area contributed by atoms with Gasteiger partial charge in [-0.1, -0.05) is 28.3 Å². The first-order valence-electron chi connectivity index (χ1n) is 10.0. The zero-order valence-corrected chi connectivity index (χ0v) is 21.4. The highest BCUT2D eigenvalue weighted by Gasteiger charge is 2.54. The molecule has 3 atom stereocenters. The zero-order valence-electron chi connectivity index (χ0n) is 18.1. The molecule has 2 aliphatic rings. The Morgan fingerprint density at radius 1 is 1.46 bits per heavy atom. The van der Waals surface area contributed by atoms with Gasteiger partial charge in [-0.3, -0.25) is 14.5 Å². The summed E-state index contributed by atoms with van der Waals surface area (Å²) in [5.41, 5.74) is 13.4. The number of thioether (sulfide) groups is 2. The molecule has 2 unspecified atom stereocenters. The molecule has 35 heavy (non-hydrogen) atoms. The number of hydrogen-bond acceptors (Lipinski definition) is 14. The molecule has 2 aromatic heterocycles. The lowest BCUT2D eigenvalue weighted by molar-refractivity contribution is -0.150. The molecule has 17 heteroatoms. The molecule has 1 fully saturated rings. The highest BCUT2D eigenvalue weighted by atomic mass is 32.2. The number of aliphatic carboxylic acids is 1. The van der Waals surface area contributed by atoms with E-state index in [1.165, 1.54) is 39.8 Å². The van der Waals surface area contributed by atoms with Crippen molar-refractivity contribution in [2.24, 2.45) is 10.9 Å². The Kier molecular flexibility index (Phi) is 7.90. The molecule has 4 heterocycles. The van der Waals surface area contributed by atoms with Crippen molar-refractivity contribution < 1.29 is 24.3 Å². The third-order valence-corrected chi connectivity index (χ3v) is 8.84. The van der Waals surface area contributed by atoms with Crippen LogP contribution < -0.4 is 16.8 Å². The van der Waals surface area contributed by atoms with Crippen LogP contribution in [0.2, 0.25) is 0 Å². The third kappa shape index (κ3) is 5.43. The molecule has 2 aliphatic heterocycles. The van der Waals surface area contributed by atoms with Gasteiger partial charge in [0.25, 0.3) is 11.8 Å². The van der Waals surface area contributed by atoms with Crippen molar-refractivity contribution in [2.75, 3.05) is 23.8 Å². The quantitative estimate of drug-likeness (QED) is 0.134. The van der Waals surface area contributed by atoms with Crippen LogP contribution in [0.1, 0.15) is 12.6 Å². The first-order chi connectivity index (χ1) is 16.8. The smallest absolute Gasteiger partial charge is 0.352 e. The number of fused-ring (bicyclic) bond motifs is 1. The van der Waals surface area contributed by atoms with E-state index in [1.54, 1.807) is 17.8 Å². The number of nitrogen functional groups attached to an aromatic ring is 1. The minimum Gasteiger partial charge on any atom is -0.477 e. The lowest BCUT2D eigenvalue weighted by atomic mass is 10.0. The number of rotatable bonds is 10. The summed E-state index contributed by atoms with van der Waals surface area (Å²) in [5.74, 6) is -1.69. The van der Waals surface area contributed by atoms with Crippen molar-refractivity contribution in [3.05, 3.63) is 27.9 Å². The molecular formula is C18H20N8O5S4. The minimum absolute atomic E-state index is 0.0671. The number of aromatic nitrogens is 3. The Balaban J connectivity index is 1.49. The van der Waals surface area contributed by atoms with Crippen LogP contribution in [-0.4, -0.2) is 84.3 Å². The normalized spacial score (nSPS) is 20.8. The number of carbonyl (C=O) groups excluding carboxylic acids is 2. The molecule has 0 saturated carbocycles. The number of amides is 2. The van der Waals surface area contributed by atoms with Crippen LogP contribution >= 0.6 is 46.2 Å². The molecule has 2 aromatic rings. The second-order valence-electron chi connectivity index (χ2n) is 7.27. The number of thiazole rings is 1. The van der Waals surface area contributed by atoms with Gasteiger partial charge in [0.2, 0.25) is 0 Å². The highest BCUT2D eigenvalue weighted by molar-refractivity contribution is 8.01. The minimum atomic E-state index is -1.20. The summed E-state index contributed by atoms with van der Waals surface area (Å²) in [7, 11) is 0. The lowest BCUT2D eigenvalue weighted by Crippen LogP contribution is -2.71. The number of oxime groups is 1. The predicted molar refractivity (Wildman–Crippen MR) is 133 cm³/mol. The molecule has 2 amide bonds. The van der Waals surface area contributed by atoms with Crippen LogP contribution in [0, 0.1) is 0 Å². The summed E-state index contributed by atoms with van der Waals surface area (Å²) in [6, 6.07) is -0.938. The molecule has 0 radical (unpaired) electrons. The van der Waals surface area contributed by atoms with E-state index < -0.39 is 35.3 Å². The fourth-order valence-corrected chi connectivity index (χ4v) is 6.69. The van der Waals surface area contributed by atoms with Gasteiger partial charge in [0.15, 0.2) is 15.2 Å². The molecule has 6 N–H and O–H groups in total. The summed E-state index contributed by atoms with van der Waals surface area (Å²) in [5, 5.41) is 25.2. The van der Waals surface area contributed by atoms with E-state index in [2.05, 4.69) is 25.7 Å². The van der Waals surface area contributed by atoms with Crippen molar-refractivity contribution in [3.8, 4) is 0 Å². The number of anilines is 1. The number of carboxylic acid groups (broad SMARTS) is 1. The maximum absolute atomic E-state index is 13.0. The average Bonchev–Trinajstić information content (AvgIpc) is 3.52. The largest absolute Gasteiger partial charge is 0.477 e. The van der Waals surface area contributed by atoms with Crippen LogP contribution in [0.5, 0.6) is 0 Å². The molecule has 0 aromatic carbocycles. The number of nitrogens with two attached hydrogens (primary N) is 2. The van der Waals surface area contributed by atoms with Gasteiger partial charge >= 0.3 is 5.97 Å². The second-order valence-corrected chi connectivity index (χ2v) is 11.3. The van der Waals surface area contributed by atoms with Gasteiger partial charge < -0.3 is 26.7 Å². The number of carbonyl (C=O) groups is 3. The fourth-order valence-electron chi connectivity index (χ4n) is 3.17. The van der Waals surface area contributed by atoms with E-state index in [1.807, 2.05) is 0 Å². The van der Waals surface area contributed by atoms with Crippen molar-refractivity contribution in [3.63, 3.8) is 0 Å². The maximum Gasteiger partial charge on any atom is 0.352 e. The summed E-state index contributed by atoms with van der Waals surface area (Å²) in [6.45, 7) is 1.86. The number of nitrogens with one attached hydrogen (secondary N) is 1. The summed E-state index contributed by atoms with van der Waals surface area (Å²) in [4.78, 5) is 48.5. The first-order valence-corrected chi connectivity index (χ1v) is 13.8. The van der Waals surface area contributed by atoms with Gasteiger partial charge in [-0.05, 0) is 12.5 Å². The van der Waals surface area contributed by atoms with Crippen LogP contribution in [0.15, 0.2) is 31.7 Å². The van der Waals surface area contributed by atoms with E-state index in [4.69, 9.17) is 16.3 Å². The Labute approximate surface area is 215 Å². The molecule has 0 bridgehead atoms. The van der Waals surface area contributed by atoms with Crippen molar-refractivity contribution in [1.29, 1.82) is 0 Å². The molecule has 13 nitrogen and oxygen atoms in total. The Hall–Kier alpha value is -2.73. The number of hydrogen-bond donors (Lipinski definition) is 4. The Morgan fingerprint density at radius 3 is 2.89 bits per heavy atom. The number of β-lactam (4-membered cyclic amide) rings is 1. The van der Waals surface area contributed by atoms with Crippen molar-refractivity contribution in [1.82, 2.24) is 25.4 Å². The van der Waals surface area contributed by atoms with Gasteiger partial charge in [0.1, 0.15) is 34.4 Å². The standard InChI is InChI=1S/C18H20N8O5S4/c1-7(2-19)31-25-10(9-5-33-17(20)22-9)13(27)23-11-14(28)26-12(16(29)30)8(3-32-15(11)26)4-34-18-24-21-6-35-18/h5-7,11,15H,2-4,19H2,1H3,(H2,20,22)(H,23,27)(H,29,30)/t7?,11?,15-/m0/s1. The number of nitrogens with zero attached hydrogens (tertiary/aromatic N) is 5. The predicted octanol–water partition coefficient (Wildman–Crippen LogP) is 0.176.